The number of hydrogen-bond acceptors (Lipinski definition) is 5. The fourth-order valence-corrected chi connectivity index (χ4v) is 1.64. The zero-order chi connectivity index (χ0) is 15.7. The van der Waals surface area contributed by atoms with E-state index in [0.717, 1.165) is 5.56 Å². The first kappa shape index (κ1) is 17.1. The molecule has 1 N–H and O–H groups in total. The van der Waals surface area contributed by atoms with E-state index in [-0.39, 0.29) is 12.5 Å². The van der Waals surface area contributed by atoms with Gasteiger partial charge in [-0.1, -0.05) is 6.07 Å². The lowest BCUT2D eigenvalue weighted by Gasteiger charge is -2.24. The smallest absolute Gasteiger partial charge is 0.329 e. The van der Waals surface area contributed by atoms with Gasteiger partial charge in [0.05, 0.1) is 0 Å². The van der Waals surface area contributed by atoms with Crippen molar-refractivity contribution in [3.63, 3.8) is 0 Å². The Hall–Kier alpha value is -1.99. The maximum absolute atomic E-state index is 12.1. The first-order chi connectivity index (χ1) is 9.99. The molecule has 0 aliphatic rings. The maximum Gasteiger partial charge on any atom is 0.329 e. The summed E-state index contributed by atoms with van der Waals surface area (Å²) in [6.45, 7) is 0.971. The third-order valence-corrected chi connectivity index (χ3v) is 2.72. The lowest BCUT2D eigenvalue weighted by Crippen LogP contribution is -2.38. The fraction of sp³-hybridized carbons (Fsp3) is 0.500. The van der Waals surface area contributed by atoms with Crippen molar-refractivity contribution >= 4 is 11.9 Å². The van der Waals surface area contributed by atoms with E-state index in [0.29, 0.717) is 19.6 Å². The topological polar surface area (TPSA) is 83.0 Å². The maximum atomic E-state index is 12.1. The number of carboxylic acids is 1. The Balaban J connectivity index is 2.58. The molecule has 0 spiro atoms. The highest BCUT2D eigenvalue weighted by Crippen LogP contribution is 2.04. The molecule has 1 aromatic heterocycles. The second-order valence-corrected chi connectivity index (χ2v) is 4.87. The number of aliphatic carboxylic acids is 1. The van der Waals surface area contributed by atoms with Crippen molar-refractivity contribution in [1.82, 2.24) is 14.8 Å². The SMILES string of the molecule is CN(C)CCN(Cc1cccnc1)C(=O)COCC(=O)O. The van der Waals surface area contributed by atoms with Crippen LogP contribution in [0.2, 0.25) is 0 Å². The van der Waals surface area contributed by atoms with Crippen LogP contribution in [0.4, 0.5) is 0 Å². The van der Waals surface area contributed by atoms with Crippen molar-refractivity contribution in [2.24, 2.45) is 0 Å². The van der Waals surface area contributed by atoms with E-state index in [4.69, 9.17) is 9.84 Å². The molecule has 0 saturated carbocycles. The van der Waals surface area contributed by atoms with Crippen LogP contribution in [0.1, 0.15) is 5.56 Å². The molecule has 0 fully saturated rings. The Morgan fingerprint density at radius 2 is 2.05 bits per heavy atom. The van der Waals surface area contributed by atoms with Gasteiger partial charge in [0.15, 0.2) is 0 Å². The zero-order valence-electron chi connectivity index (χ0n) is 12.4. The Kier molecular flexibility index (Phi) is 7.34. The normalized spacial score (nSPS) is 10.6. The van der Waals surface area contributed by atoms with Crippen LogP contribution in [0, 0.1) is 0 Å². The Morgan fingerprint density at radius 3 is 2.62 bits per heavy atom. The van der Waals surface area contributed by atoms with Crippen molar-refractivity contribution in [3.8, 4) is 0 Å². The highest BCUT2D eigenvalue weighted by molar-refractivity contribution is 5.78. The van der Waals surface area contributed by atoms with Crippen molar-refractivity contribution < 1.29 is 19.4 Å². The zero-order valence-corrected chi connectivity index (χ0v) is 12.4. The van der Waals surface area contributed by atoms with Crippen molar-refractivity contribution in [1.29, 1.82) is 0 Å². The number of amides is 1. The minimum absolute atomic E-state index is 0.234. The minimum atomic E-state index is -1.09. The van der Waals surface area contributed by atoms with E-state index in [2.05, 4.69) is 4.98 Å². The van der Waals surface area contributed by atoms with Gasteiger partial charge in [0.1, 0.15) is 13.2 Å². The molecular formula is C14H21N3O4. The van der Waals surface area contributed by atoms with Crippen molar-refractivity contribution in [2.45, 2.75) is 6.54 Å². The Bertz CT molecular complexity index is 451. The van der Waals surface area contributed by atoms with Gasteiger partial charge in [-0.15, -0.1) is 0 Å². The van der Waals surface area contributed by atoms with Crippen LogP contribution in [-0.2, 0) is 20.9 Å². The van der Waals surface area contributed by atoms with E-state index >= 15 is 0 Å². The van der Waals surface area contributed by atoms with E-state index in [1.807, 2.05) is 31.1 Å². The molecule has 1 aromatic rings. The highest BCUT2D eigenvalue weighted by Gasteiger charge is 2.15. The first-order valence-electron chi connectivity index (χ1n) is 6.60. The number of ether oxygens (including phenoxy) is 1. The van der Waals surface area contributed by atoms with Crippen LogP contribution < -0.4 is 0 Å². The molecule has 0 atom stereocenters. The van der Waals surface area contributed by atoms with E-state index in [9.17, 15) is 9.59 Å². The Labute approximate surface area is 124 Å². The molecule has 1 amide bonds. The summed E-state index contributed by atoms with van der Waals surface area (Å²) in [4.78, 5) is 30.1. The third kappa shape index (κ3) is 7.38. The number of carbonyl (C=O) groups excluding carboxylic acids is 1. The molecule has 0 aliphatic carbocycles. The Morgan fingerprint density at radius 1 is 1.29 bits per heavy atom. The predicted molar refractivity (Wildman–Crippen MR) is 76.7 cm³/mol. The van der Waals surface area contributed by atoms with Gasteiger partial charge in [-0.2, -0.15) is 0 Å². The fourth-order valence-electron chi connectivity index (χ4n) is 1.64. The molecule has 116 valence electrons. The number of carboxylic acid groups (broad SMARTS) is 1. The van der Waals surface area contributed by atoms with Crippen molar-refractivity contribution in [3.05, 3.63) is 30.1 Å². The van der Waals surface area contributed by atoms with Crippen LogP contribution in [0.3, 0.4) is 0 Å². The van der Waals surface area contributed by atoms with Gasteiger partial charge in [-0.25, -0.2) is 4.79 Å². The molecule has 7 heteroatoms. The van der Waals surface area contributed by atoms with Crippen LogP contribution in [0.5, 0.6) is 0 Å². The van der Waals surface area contributed by atoms with Crippen LogP contribution in [0.15, 0.2) is 24.5 Å². The summed E-state index contributed by atoms with van der Waals surface area (Å²) in [6.07, 6.45) is 3.37. The highest BCUT2D eigenvalue weighted by atomic mass is 16.5. The second-order valence-electron chi connectivity index (χ2n) is 4.87. The number of carbonyl (C=O) groups is 2. The van der Waals surface area contributed by atoms with E-state index in [1.165, 1.54) is 0 Å². The van der Waals surface area contributed by atoms with E-state index in [1.54, 1.807) is 17.3 Å². The lowest BCUT2D eigenvalue weighted by molar-refractivity contribution is -0.146. The molecule has 0 saturated heterocycles. The molecule has 1 heterocycles. The van der Waals surface area contributed by atoms with Gasteiger partial charge < -0.3 is 19.6 Å². The van der Waals surface area contributed by atoms with Gasteiger partial charge in [0.25, 0.3) is 0 Å². The van der Waals surface area contributed by atoms with Crippen molar-refractivity contribution in [2.75, 3.05) is 40.4 Å². The lowest BCUT2D eigenvalue weighted by atomic mass is 10.2. The van der Waals surface area contributed by atoms with E-state index < -0.39 is 12.6 Å². The van der Waals surface area contributed by atoms with Crippen LogP contribution in [0.25, 0.3) is 0 Å². The molecule has 0 radical (unpaired) electrons. The molecule has 0 unspecified atom stereocenters. The van der Waals surface area contributed by atoms with Gasteiger partial charge in [-0.3, -0.25) is 9.78 Å². The second kappa shape index (κ2) is 9.04. The quantitative estimate of drug-likeness (QED) is 0.694. The molecule has 1 rings (SSSR count). The summed E-state index contributed by atoms with van der Waals surface area (Å²) in [6, 6.07) is 3.70. The average Bonchev–Trinajstić information content (AvgIpc) is 2.43. The summed E-state index contributed by atoms with van der Waals surface area (Å²) in [5.41, 5.74) is 0.919. The van der Waals surface area contributed by atoms with Gasteiger partial charge in [0.2, 0.25) is 5.91 Å². The van der Waals surface area contributed by atoms with Gasteiger partial charge >= 0.3 is 5.97 Å². The summed E-state index contributed by atoms with van der Waals surface area (Å²) < 4.78 is 4.86. The summed E-state index contributed by atoms with van der Waals surface area (Å²) in [5.74, 6) is -1.32. The van der Waals surface area contributed by atoms with Gasteiger partial charge in [-0.05, 0) is 25.7 Å². The number of nitrogens with zero attached hydrogens (tertiary/aromatic N) is 3. The largest absolute Gasteiger partial charge is 0.480 e. The molecule has 0 aromatic carbocycles. The van der Waals surface area contributed by atoms with Gasteiger partial charge in [0, 0.05) is 32.0 Å². The number of likely N-dealkylation sites (N-methyl/N-ethyl adjacent to an activating group) is 1. The minimum Gasteiger partial charge on any atom is -0.480 e. The molecule has 21 heavy (non-hydrogen) atoms. The first-order valence-corrected chi connectivity index (χ1v) is 6.60. The summed E-state index contributed by atoms with van der Waals surface area (Å²) >= 11 is 0. The molecule has 0 aliphatic heterocycles. The molecule has 7 nitrogen and oxygen atoms in total. The summed E-state index contributed by atoms with van der Waals surface area (Å²) in [7, 11) is 3.85. The number of rotatable bonds is 9. The summed E-state index contributed by atoms with van der Waals surface area (Å²) in [5, 5.41) is 8.51. The molecular weight excluding hydrogens is 274 g/mol. The number of hydrogen-bond donors (Lipinski definition) is 1. The monoisotopic (exact) mass is 295 g/mol. The molecule has 0 bridgehead atoms. The predicted octanol–water partition coefficient (Wildman–Crippen LogP) is 0.0730. The average molecular weight is 295 g/mol. The number of pyridine rings is 1. The van der Waals surface area contributed by atoms with Crippen LogP contribution in [-0.4, -0.2) is 72.2 Å². The standard InChI is InChI=1S/C14H21N3O4/c1-16(2)6-7-17(9-12-4-3-5-15-8-12)13(18)10-21-11-14(19)20/h3-5,8H,6-7,9-11H2,1-2H3,(H,19,20). The van der Waals surface area contributed by atoms with Crippen LogP contribution >= 0.6 is 0 Å². The number of aromatic nitrogens is 1. The third-order valence-electron chi connectivity index (χ3n) is 2.72.